The van der Waals surface area contributed by atoms with E-state index in [1.165, 1.54) is 6.33 Å². The lowest BCUT2D eigenvalue weighted by atomic mass is 9.95. The summed E-state index contributed by atoms with van der Waals surface area (Å²) >= 11 is 12.4. The van der Waals surface area contributed by atoms with Gasteiger partial charge in [0.15, 0.2) is 5.82 Å². The minimum absolute atomic E-state index is 0.0272. The molecule has 1 aromatic carbocycles. The van der Waals surface area contributed by atoms with E-state index in [9.17, 15) is 5.11 Å². The fourth-order valence-electron chi connectivity index (χ4n) is 3.22. The van der Waals surface area contributed by atoms with Crippen molar-refractivity contribution in [1.82, 2.24) is 24.5 Å². The highest BCUT2D eigenvalue weighted by Gasteiger charge is 2.32. The molecule has 0 amide bonds. The lowest BCUT2D eigenvalue weighted by Gasteiger charge is -2.30. The van der Waals surface area contributed by atoms with Crippen LogP contribution < -0.4 is 5.32 Å². The molecule has 9 heteroatoms. The first-order valence-electron chi connectivity index (χ1n) is 8.05. The summed E-state index contributed by atoms with van der Waals surface area (Å²) in [6.07, 6.45) is 3.22. The van der Waals surface area contributed by atoms with Gasteiger partial charge < -0.3 is 10.4 Å². The van der Waals surface area contributed by atoms with Crippen LogP contribution >= 0.6 is 23.2 Å². The zero-order valence-electron chi connectivity index (χ0n) is 13.9. The molecule has 3 aromatic rings. The number of allylic oxidation sites excluding steroid dienone is 2. The summed E-state index contributed by atoms with van der Waals surface area (Å²) in [5, 5.41) is 22.4. The van der Waals surface area contributed by atoms with Crippen molar-refractivity contribution in [2.45, 2.75) is 19.5 Å². The van der Waals surface area contributed by atoms with E-state index in [4.69, 9.17) is 23.2 Å². The maximum Gasteiger partial charge on any atom is 0.158 e. The molecule has 0 radical (unpaired) electrons. The van der Waals surface area contributed by atoms with E-state index in [-0.39, 0.29) is 12.6 Å². The number of aliphatic hydroxyl groups is 1. The lowest BCUT2D eigenvalue weighted by Crippen LogP contribution is -2.25. The van der Waals surface area contributed by atoms with Gasteiger partial charge in [-0.1, -0.05) is 29.3 Å². The maximum absolute atomic E-state index is 9.33. The molecule has 0 unspecified atom stereocenters. The van der Waals surface area contributed by atoms with Crippen molar-refractivity contribution in [3.05, 3.63) is 63.9 Å². The van der Waals surface area contributed by atoms with Crippen LogP contribution in [0.25, 0.3) is 5.57 Å². The van der Waals surface area contributed by atoms with E-state index in [2.05, 4.69) is 20.5 Å². The van der Waals surface area contributed by atoms with Crippen molar-refractivity contribution in [3.8, 4) is 0 Å². The van der Waals surface area contributed by atoms with Crippen LogP contribution in [0, 0.1) is 0 Å². The average Bonchev–Trinajstić information content (AvgIpc) is 3.25. The Morgan fingerprint density at radius 2 is 2.04 bits per heavy atom. The minimum atomic E-state index is -0.252. The van der Waals surface area contributed by atoms with E-state index in [0.29, 0.717) is 22.4 Å². The molecule has 1 aliphatic heterocycles. The number of nitrogens with one attached hydrogen (secondary N) is 1. The zero-order chi connectivity index (χ0) is 18.3. The molecule has 134 valence electrons. The van der Waals surface area contributed by atoms with Gasteiger partial charge in [0.2, 0.25) is 0 Å². The molecule has 26 heavy (non-hydrogen) atoms. The summed E-state index contributed by atoms with van der Waals surface area (Å²) in [5.74, 6) is 1.54. The van der Waals surface area contributed by atoms with Gasteiger partial charge in [-0.3, -0.25) is 0 Å². The van der Waals surface area contributed by atoms with E-state index >= 15 is 0 Å². The van der Waals surface area contributed by atoms with Gasteiger partial charge in [0.05, 0.1) is 29.4 Å². The van der Waals surface area contributed by atoms with Crippen LogP contribution in [0.4, 0.5) is 5.82 Å². The lowest BCUT2D eigenvalue weighted by molar-refractivity contribution is 0.268. The Kier molecular flexibility index (Phi) is 4.44. The summed E-state index contributed by atoms with van der Waals surface area (Å²) in [7, 11) is 0. The van der Waals surface area contributed by atoms with Crippen LogP contribution in [-0.4, -0.2) is 36.3 Å². The van der Waals surface area contributed by atoms with E-state index in [0.717, 1.165) is 22.7 Å². The van der Waals surface area contributed by atoms with Crippen molar-refractivity contribution in [2.24, 2.45) is 0 Å². The van der Waals surface area contributed by atoms with E-state index < -0.39 is 0 Å². The summed E-state index contributed by atoms with van der Waals surface area (Å²) in [5.41, 5.74) is 2.77. The third-order valence-corrected chi connectivity index (χ3v) is 5.07. The Labute approximate surface area is 159 Å². The minimum Gasteiger partial charge on any atom is -0.394 e. The van der Waals surface area contributed by atoms with Crippen LogP contribution in [0.5, 0.6) is 0 Å². The van der Waals surface area contributed by atoms with Gasteiger partial charge in [0.1, 0.15) is 18.2 Å². The predicted octanol–water partition coefficient (Wildman–Crippen LogP) is 3.22. The van der Waals surface area contributed by atoms with Crippen LogP contribution in [0.15, 0.2) is 42.5 Å². The Balaban J connectivity index is 1.92. The summed E-state index contributed by atoms with van der Waals surface area (Å²) in [6.45, 7) is 2.31. The highest BCUT2D eigenvalue weighted by molar-refractivity contribution is 6.42. The van der Waals surface area contributed by atoms with Crippen molar-refractivity contribution < 1.29 is 5.11 Å². The molecule has 1 aliphatic rings. The highest BCUT2D eigenvalue weighted by atomic mass is 35.5. The quantitative estimate of drug-likeness (QED) is 0.714. The van der Waals surface area contributed by atoms with Gasteiger partial charge in [-0.25, -0.2) is 14.3 Å². The van der Waals surface area contributed by atoms with E-state index in [1.54, 1.807) is 16.9 Å². The number of aliphatic hydroxyl groups excluding tert-OH is 1. The fourth-order valence-corrected chi connectivity index (χ4v) is 3.52. The number of hydrogen-bond donors (Lipinski definition) is 2. The number of anilines is 1. The van der Waals surface area contributed by atoms with Gasteiger partial charge in [-0.2, -0.15) is 10.2 Å². The second-order valence-electron chi connectivity index (χ2n) is 5.93. The average molecular weight is 391 g/mol. The molecule has 0 saturated carbocycles. The van der Waals surface area contributed by atoms with Crippen molar-refractivity contribution >= 4 is 34.6 Å². The standard InChI is InChI=1S/C17H16Cl2N6O/c1-10-15(17-20-9-22-24(17)6-7-26)16(25-14(23-10)4-5-21-25)11-2-3-12(18)13(19)8-11/h2-5,8-9,16,23,26H,6-7H2,1H3/t16-/m1/s1. The van der Waals surface area contributed by atoms with Gasteiger partial charge in [0, 0.05) is 17.3 Å². The van der Waals surface area contributed by atoms with Crippen LogP contribution in [0.1, 0.15) is 24.4 Å². The molecule has 3 heterocycles. The molecule has 0 fully saturated rings. The largest absolute Gasteiger partial charge is 0.394 e. The summed E-state index contributed by atoms with van der Waals surface area (Å²) < 4.78 is 3.55. The van der Waals surface area contributed by atoms with Gasteiger partial charge in [-0.15, -0.1) is 0 Å². The predicted molar refractivity (Wildman–Crippen MR) is 100 cm³/mol. The van der Waals surface area contributed by atoms with Gasteiger partial charge in [-0.05, 0) is 24.6 Å². The molecular formula is C17H16Cl2N6O. The molecule has 2 aromatic heterocycles. The maximum atomic E-state index is 9.33. The molecule has 1 atom stereocenters. The monoisotopic (exact) mass is 390 g/mol. The van der Waals surface area contributed by atoms with Crippen LogP contribution in [-0.2, 0) is 6.54 Å². The number of rotatable bonds is 4. The molecule has 0 bridgehead atoms. The number of hydrogen-bond acceptors (Lipinski definition) is 5. The molecule has 4 rings (SSSR count). The fraction of sp³-hybridized carbons (Fsp3) is 0.235. The molecule has 2 N–H and O–H groups in total. The van der Waals surface area contributed by atoms with E-state index in [1.807, 2.05) is 29.8 Å². The third kappa shape index (κ3) is 2.78. The van der Waals surface area contributed by atoms with Crippen LogP contribution in [0.3, 0.4) is 0 Å². The zero-order valence-corrected chi connectivity index (χ0v) is 15.4. The first-order valence-corrected chi connectivity index (χ1v) is 8.81. The SMILES string of the molecule is CC1=C(c2ncnn2CCO)[C@@H](c2ccc(Cl)c(Cl)c2)n2nccc2N1. The second-order valence-corrected chi connectivity index (χ2v) is 6.75. The van der Waals surface area contributed by atoms with Crippen LogP contribution in [0.2, 0.25) is 10.0 Å². The Morgan fingerprint density at radius 1 is 1.19 bits per heavy atom. The van der Waals surface area contributed by atoms with Crippen molar-refractivity contribution in [3.63, 3.8) is 0 Å². The Morgan fingerprint density at radius 3 is 2.81 bits per heavy atom. The van der Waals surface area contributed by atoms with Gasteiger partial charge in [0.25, 0.3) is 0 Å². The van der Waals surface area contributed by atoms with Crippen molar-refractivity contribution in [2.75, 3.05) is 11.9 Å². The smallest absolute Gasteiger partial charge is 0.158 e. The first kappa shape index (κ1) is 17.1. The highest BCUT2D eigenvalue weighted by Crippen LogP contribution is 2.41. The molecular weight excluding hydrogens is 375 g/mol. The topological polar surface area (TPSA) is 80.8 Å². The number of fused-ring (bicyclic) bond motifs is 1. The van der Waals surface area contributed by atoms with Gasteiger partial charge >= 0.3 is 0 Å². The van der Waals surface area contributed by atoms with Crippen molar-refractivity contribution in [1.29, 1.82) is 0 Å². The number of aromatic nitrogens is 5. The summed E-state index contributed by atoms with van der Waals surface area (Å²) in [4.78, 5) is 4.42. The number of halogens is 2. The number of benzene rings is 1. The number of nitrogens with zero attached hydrogens (tertiary/aromatic N) is 5. The third-order valence-electron chi connectivity index (χ3n) is 4.34. The molecule has 7 nitrogen and oxygen atoms in total. The Hall–Kier alpha value is -2.35. The second kappa shape index (κ2) is 6.75. The molecule has 0 spiro atoms. The molecule has 0 saturated heterocycles. The first-order chi connectivity index (χ1) is 12.6. The normalized spacial score (nSPS) is 16.5. The summed E-state index contributed by atoms with van der Waals surface area (Å²) in [6, 6.07) is 7.19. The Bertz CT molecular complexity index is 993. The molecule has 0 aliphatic carbocycles.